The molecule has 18 heteroatoms. The molecule has 1 heterocycles. The van der Waals surface area contributed by atoms with Crippen LogP contribution >= 0.6 is 0 Å². The monoisotopic (exact) mass is 665 g/mol. The van der Waals surface area contributed by atoms with E-state index in [2.05, 4.69) is 41.9 Å². The molecule has 0 aliphatic heterocycles. The number of nitrogens with zero attached hydrogens (tertiary/aromatic N) is 1. The Morgan fingerprint density at radius 2 is 1.36 bits per heavy atom. The predicted octanol–water partition coefficient (Wildman–Crippen LogP) is -2.21. The van der Waals surface area contributed by atoms with E-state index in [9.17, 15) is 33.9 Å². The third-order valence-corrected chi connectivity index (χ3v) is 6.88. The van der Waals surface area contributed by atoms with Crippen molar-refractivity contribution in [2.75, 3.05) is 13.6 Å². The standard InChI is InChI=1S/C29H51N11O7/c1-15(2)9-19(37-24(43)18(30)7-6-8-35-29(31)32)26(45)38-20(10-16(3)4)27(46)39-21(11-17-13-34-14-36-17)28(47)40-22(12-23(41)42)25(44)33-5/h13-16,18-22H,6-12,30H2,1-5H3,(H,33,44)(H,34,36)(H,37,43)(H,38,45)(H,39,46)(H,40,47)(H,41,42)(H4,31,32,35)/t18-,19-,20-,21-,22-/m0/s1. The molecule has 5 atom stereocenters. The molecule has 1 aromatic rings. The summed E-state index contributed by atoms with van der Waals surface area (Å²) >= 11 is 0. The van der Waals surface area contributed by atoms with Gasteiger partial charge in [-0.25, -0.2) is 4.98 Å². The summed E-state index contributed by atoms with van der Waals surface area (Å²) in [4.78, 5) is 83.7. The number of likely N-dealkylation sites (N-methyl/N-ethyl adjacent to an activating group) is 1. The van der Waals surface area contributed by atoms with Crippen LogP contribution < -0.4 is 43.4 Å². The molecular formula is C29H51N11O7. The fraction of sp³-hybridized carbons (Fsp3) is 0.655. The second-order valence-electron chi connectivity index (χ2n) is 12.1. The zero-order chi connectivity index (χ0) is 35.7. The van der Waals surface area contributed by atoms with E-state index in [1.54, 1.807) is 0 Å². The Balaban J connectivity index is 3.15. The first-order valence-electron chi connectivity index (χ1n) is 15.5. The molecule has 0 spiro atoms. The molecule has 0 saturated heterocycles. The zero-order valence-electron chi connectivity index (χ0n) is 27.6. The van der Waals surface area contributed by atoms with Crippen LogP contribution in [0.25, 0.3) is 0 Å². The zero-order valence-corrected chi connectivity index (χ0v) is 27.6. The van der Waals surface area contributed by atoms with Gasteiger partial charge in [0.05, 0.1) is 24.5 Å². The number of carboxylic acids is 1. The first-order chi connectivity index (χ1) is 22.0. The van der Waals surface area contributed by atoms with E-state index >= 15 is 0 Å². The highest BCUT2D eigenvalue weighted by Gasteiger charge is 2.33. The average Bonchev–Trinajstić information content (AvgIpc) is 3.49. The van der Waals surface area contributed by atoms with Crippen molar-refractivity contribution in [1.29, 1.82) is 5.41 Å². The summed E-state index contributed by atoms with van der Waals surface area (Å²) in [6, 6.07) is -5.77. The first kappa shape index (κ1) is 40.3. The number of imidazole rings is 1. The summed E-state index contributed by atoms with van der Waals surface area (Å²) in [7, 11) is 1.29. The number of carbonyl (C=O) groups excluding carboxylic acids is 5. The van der Waals surface area contributed by atoms with Gasteiger partial charge in [0.15, 0.2) is 5.96 Å². The number of nitrogens with one attached hydrogen (secondary N) is 8. The van der Waals surface area contributed by atoms with Crippen LogP contribution in [0.15, 0.2) is 12.5 Å². The molecule has 0 fully saturated rings. The normalized spacial score (nSPS) is 14.2. The lowest BCUT2D eigenvalue weighted by molar-refractivity contribution is -0.141. The highest BCUT2D eigenvalue weighted by molar-refractivity contribution is 5.96. The minimum Gasteiger partial charge on any atom is -0.481 e. The SMILES string of the molecule is CNC(=O)[C@H](CC(=O)O)NC(=O)[C@H](Cc1c[nH]cn1)NC(=O)[C@H](CC(C)C)NC(=O)[C@H](CC(C)C)NC(=O)[C@@H](N)CCCNC(=N)N. The van der Waals surface area contributed by atoms with E-state index < -0.39 is 72.1 Å². The summed E-state index contributed by atoms with van der Waals surface area (Å²) in [5.41, 5.74) is 11.7. The van der Waals surface area contributed by atoms with Crippen molar-refractivity contribution in [1.82, 2.24) is 41.9 Å². The molecule has 0 aliphatic rings. The molecule has 0 aromatic carbocycles. The second-order valence-corrected chi connectivity index (χ2v) is 12.1. The quantitative estimate of drug-likeness (QED) is 0.0380. The maximum atomic E-state index is 13.6. The van der Waals surface area contributed by atoms with Crippen molar-refractivity contribution < 1.29 is 33.9 Å². The Morgan fingerprint density at radius 1 is 0.851 bits per heavy atom. The number of guanidine groups is 1. The molecule has 18 nitrogen and oxygen atoms in total. The number of H-pyrrole nitrogens is 1. The van der Waals surface area contributed by atoms with E-state index in [1.807, 2.05) is 27.7 Å². The molecule has 0 saturated carbocycles. The molecule has 0 aliphatic carbocycles. The van der Waals surface area contributed by atoms with Crippen LogP contribution in [0.5, 0.6) is 0 Å². The molecular weight excluding hydrogens is 614 g/mol. The van der Waals surface area contributed by atoms with Crippen molar-refractivity contribution in [3.63, 3.8) is 0 Å². The molecule has 0 bridgehead atoms. The van der Waals surface area contributed by atoms with Crippen LogP contribution in [0.4, 0.5) is 0 Å². The van der Waals surface area contributed by atoms with E-state index in [0.717, 1.165) is 0 Å². The van der Waals surface area contributed by atoms with Crippen LogP contribution in [-0.2, 0) is 35.2 Å². The van der Waals surface area contributed by atoms with Crippen molar-refractivity contribution in [2.24, 2.45) is 23.3 Å². The molecule has 1 aromatic heterocycles. The fourth-order valence-corrected chi connectivity index (χ4v) is 4.56. The van der Waals surface area contributed by atoms with Gasteiger partial charge in [0.1, 0.15) is 24.2 Å². The number of rotatable bonds is 21. The lowest BCUT2D eigenvalue weighted by atomic mass is 9.99. The van der Waals surface area contributed by atoms with Crippen LogP contribution in [0.1, 0.15) is 65.5 Å². The van der Waals surface area contributed by atoms with Crippen LogP contribution in [0.3, 0.4) is 0 Å². The van der Waals surface area contributed by atoms with Gasteiger partial charge >= 0.3 is 5.97 Å². The summed E-state index contributed by atoms with van der Waals surface area (Å²) < 4.78 is 0. The van der Waals surface area contributed by atoms with Crippen LogP contribution in [0, 0.1) is 17.2 Å². The Labute approximate surface area is 274 Å². The van der Waals surface area contributed by atoms with Gasteiger partial charge in [0.25, 0.3) is 0 Å². The molecule has 47 heavy (non-hydrogen) atoms. The van der Waals surface area contributed by atoms with Gasteiger partial charge in [-0.15, -0.1) is 0 Å². The topological polar surface area (TPSA) is 299 Å². The lowest BCUT2D eigenvalue weighted by Crippen LogP contribution is -2.59. The summed E-state index contributed by atoms with van der Waals surface area (Å²) in [5.74, 6) is -5.05. The van der Waals surface area contributed by atoms with E-state index in [-0.39, 0.29) is 43.5 Å². The predicted molar refractivity (Wildman–Crippen MR) is 172 cm³/mol. The van der Waals surface area contributed by atoms with Crippen LogP contribution in [-0.4, -0.2) is 100 Å². The molecule has 13 N–H and O–H groups in total. The van der Waals surface area contributed by atoms with Gasteiger partial charge in [-0.2, -0.15) is 0 Å². The largest absolute Gasteiger partial charge is 0.481 e. The van der Waals surface area contributed by atoms with E-state index in [1.165, 1.54) is 19.6 Å². The van der Waals surface area contributed by atoms with Gasteiger partial charge < -0.3 is 53.5 Å². The summed E-state index contributed by atoms with van der Waals surface area (Å²) in [6.45, 7) is 7.77. The molecule has 1 rings (SSSR count). The fourth-order valence-electron chi connectivity index (χ4n) is 4.56. The number of aromatic nitrogens is 2. The van der Waals surface area contributed by atoms with Crippen molar-refractivity contribution in [3.8, 4) is 0 Å². The molecule has 0 unspecified atom stereocenters. The number of nitrogens with two attached hydrogens (primary N) is 2. The Hall–Kier alpha value is -4.74. The van der Waals surface area contributed by atoms with E-state index in [4.69, 9.17) is 16.9 Å². The highest BCUT2D eigenvalue weighted by atomic mass is 16.4. The van der Waals surface area contributed by atoms with Gasteiger partial charge in [-0.1, -0.05) is 27.7 Å². The smallest absolute Gasteiger partial charge is 0.305 e. The third-order valence-electron chi connectivity index (χ3n) is 6.88. The van der Waals surface area contributed by atoms with Crippen LogP contribution in [0.2, 0.25) is 0 Å². The van der Waals surface area contributed by atoms with Gasteiger partial charge in [-0.3, -0.25) is 34.2 Å². The third kappa shape index (κ3) is 15.9. The number of carboxylic acid groups (broad SMARTS) is 1. The lowest BCUT2D eigenvalue weighted by Gasteiger charge is -2.27. The number of carbonyl (C=O) groups is 6. The van der Waals surface area contributed by atoms with Crippen molar-refractivity contribution >= 4 is 41.5 Å². The maximum absolute atomic E-state index is 13.6. The van der Waals surface area contributed by atoms with Gasteiger partial charge in [0.2, 0.25) is 29.5 Å². The summed E-state index contributed by atoms with van der Waals surface area (Å²) in [5, 5.41) is 31.7. The minimum atomic E-state index is -1.41. The molecule has 5 amide bonds. The molecule has 0 radical (unpaired) electrons. The van der Waals surface area contributed by atoms with E-state index in [0.29, 0.717) is 18.7 Å². The number of hydrogen-bond donors (Lipinski definition) is 11. The van der Waals surface area contributed by atoms with Crippen molar-refractivity contribution in [2.45, 2.75) is 96.4 Å². The Bertz CT molecular complexity index is 1210. The number of amides is 5. The minimum absolute atomic E-state index is 0.0135. The second kappa shape index (κ2) is 20.4. The molecule has 264 valence electrons. The Morgan fingerprint density at radius 3 is 1.83 bits per heavy atom. The number of hydrogen-bond acceptors (Lipinski definition) is 9. The number of aromatic amines is 1. The number of aliphatic carboxylic acids is 1. The van der Waals surface area contributed by atoms with Crippen molar-refractivity contribution in [3.05, 3.63) is 18.2 Å². The first-order valence-corrected chi connectivity index (χ1v) is 15.5. The maximum Gasteiger partial charge on any atom is 0.305 e. The summed E-state index contributed by atoms with van der Waals surface area (Å²) in [6.07, 6.45) is 3.25. The highest BCUT2D eigenvalue weighted by Crippen LogP contribution is 2.11. The Kier molecular flexibility index (Phi) is 17.5. The average molecular weight is 666 g/mol. The van der Waals surface area contributed by atoms with Gasteiger partial charge in [0, 0.05) is 26.2 Å². The van der Waals surface area contributed by atoms with Gasteiger partial charge in [-0.05, 0) is 37.5 Å².